The van der Waals surface area contributed by atoms with Crippen LogP contribution in [0, 0.1) is 11.3 Å². The Morgan fingerprint density at radius 1 is 1.12 bits per heavy atom. The first-order valence-electron chi connectivity index (χ1n) is 8.15. The highest BCUT2D eigenvalue weighted by molar-refractivity contribution is 5.89. The minimum atomic E-state index is -0.648. The van der Waals surface area contributed by atoms with E-state index in [2.05, 4.69) is 10.1 Å². The summed E-state index contributed by atoms with van der Waals surface area (Å²) in [4.78, 5) is 23.5. The molecule has 0 saturated carbocycles. The molecule has 0 fully saturated rings. The average molecular weight is 352 g/mol. The number of esters is 1. The molecule has 0 bridgehead atoms. The normalized spacial score (nSPS) is 11.1. The molecule has 6 nitrogen and oxygen atoms in total. The van der Waals surface area contributed by atoms with Crippen molar-refractivity contribution in [3.63, 3.8) is 0 Å². The molecule has 2 aromatic carbocycles. The zero-order chi connectivity index (χ0) is 18.9. The second-order valence-corrected chi connectivity index (χ2v) is 5.63. The molecule has 0 aromatic heterocycles. The van der Waals surface area contributed by atoms with Gasteiger partial charge in [0.2, 0.25) is 0 Å². The van der Waals surface area contributed by atoms with E-state index in [1.807, 2.05) is 18.2 Å². The fraction of sp³-hybridized carbons (Fsp3) is 0.250. The van der Waals surface area contributed by atoms with Crippen molar-refractivity contribution >= 4 is 11.9 Å². The molecule has 0 aliphatic carbocycles. The van der Waals surface area contributed by atoms with Crippen molar-refractivity contribution < 1.29 is 19.1 Å². The third-order valence-corrected chi connectivity index (χ3v) is 3.75. The highest BCUT2D eigenvalue weighted by Gasteiger charge is 2.14. The summed E-state index contributed by atoms with van der Waals surface area (Å²) in [6.07, 6.45) is -0.0128. The number of ether oxygens (including phenoxy) is 2. The minimum Gasteiger partial charge on any atom is -0.481 e. The fourth-order valence-electron chi connectivity index (χ4n) is 2.26. The average Bonchev–Trinajstić information content (AvgIpc) is 2.68. The molecule has 2 rings (SSSR count). The quantitative estimate of drug-likeness (QED) is 0.773. The van der Waals surface area contributed by atoms with Gasteiger partial charge in [-0.15, -0.1) is 0 Å². The lowest BCUT2D eigenvalue weighted by Gasteiger charge is -2.14. The molecule has 134 valence electrons. The summed E-state index contributed by atoms with van der Waals surface area (Å²) in [6.45, 7) is 2.12. The molecule has 6 heteroatoms. The molecule has 0 aliphatic rings. The van der Waals surface area contributed by atoms with Gasteiger partial charge in [-0.1, -0.05) is 12.1 Å². The number of nitrogens with zero attached hydrogens (tertiary/aromatic N) is 1. The monoisotopic (exact) mass is 352 g/mol. The van der Waals surface area contributed by atoms with Crippen molar-refractivity contribution in [1.82, 2.24) is 5.32 Å². The zero-order valence-corrected chi connectivity index (χ0v) is 14.7. The molecule has 0 saturated heterocycles. The Bertz CT molecular complexity index is 792. The zero-order valence-electron chi connectivity index (χ0n) is 14.7. The predicted octanol–water partition coefficient (Wildman–Crippen LogP) is 2.47. The number of carbonyl (C=O) groups is 2. The molecule has 1 N–H and O–H groups in total. The van der Waals surface area contributed by atoms with Gasteiger partial charge in [-0.3, -0.25) is 4.79 Å². The van der Waals surface area contributed by atoms with Crippen molar-refractivity contribution in [2.75, 3.05) is 13.7 Å². The maximum absolute atomic E-state index is 12.1. The Balaban J connectivity index is 1.78. The van der Waals surface area contributed by atoms with E-state index in [-0.39, 0.29) is 11.9 Å². The number of amides is 1. The summed E-state index contributed by atoms with van der Waals surface area (Å²) >= 11 is 0. The van der Waals surface area contributed by atoms with E-state index in [0.29, 0.717) is 29.8 Å². The van der Waals surface area contributed by atoms with Crippen molar-refractivity contribution in [1.29, 1.82) is 5.26 Å². The van der Waals surface area contributed by atoms with E-state index in [1.165, 1.54) is 7.11 Å². The van der Waals surface area contributed by atoms with Crippen LogP contribution in [0.2, 0.25) is 0 Å². The van der Waals surface area contributed by atoms with Crippen LogP contribution in [-0.4, -0.2) is 31.6 Å². The standard InChI is InChI=1S/C20H20N2O4/c1-14(26-18-9-5-16(13-21)6-10-18)19(23)22-12-11-15-3-7-17(8-4-15)20(24)25-2/h3-10,14H,11-12H2,1-2H3,(H,22,23)/t14-/m0/s1. The van der Waals surface area contributed by atoms with Crippen molar-refractivity contribution in [3.05, 3.63) is 65.2 Å². The van der Waals surface area contributed by atoms with Crippen LogP contribution in [0.1, 0.15) is 28.4 Å². The third-order valence-electron chi connectivity index (χ3n) is 3.75. The van der Waals surface area contributed by atoms with Crippen LogP contribution in [0.4, 0.5) is 0 Å². The molecule has 2 aromatic rings. The largest absolute Gasteiger partial charge is 0.481 e. The van der Waals surface area contributed by atoms with E-state index in [0.717, 1.165) is 5.56 Å². The van der Waals surface area contributed by atoms with E-state index in [1.54, 1.807) is 43.3 Å². The van der Waals surface area contributed by atoms with Gasteiger partial charge >= 0.3 is 5.97 Å². The van der Waals surface area contributed by atoms with Gasteiger partial charge in [0.15, 0.2) is 6.10 Å². The summed E-state index contributed by atoms with van der Waals surface area (Å²) in [5.74, 6) is -0.0655. The molecule has 0 spiro atoms. The van der Waals surface area contributed by atoms with Gasteiger partial charge in [0.05, 0.1) is 24.3 Å². The Hall–Kier alpha value is -3.33. The van der Waals surface area contributed by atoms with Gasteiger partial charge in [0, 0.05) is 6.54 Å². The first-order valence-corrected chi connectivity index (χ1v) is 8.15. The summed E-state index contributed by atoms with van der Waals surface area (Å²) in [5, 5.41) is 11.6. The second kappa shape index (κ2) is 9.23. The molecular weight excluding hydrogens is 332 g/mol. The Morgan fingerprint density at radius 2 is 1.77 bits per heavy atom. The number of hydrogen-bond acceptors (Lipinski definition) is 5. The first kappa shape index (κ1) is 19.0. The summed E-state index contributed by atoms with van der Waals surface area (Å²) in [5.41, 5.74) is 2.02. The van der Waals surface area contributed by atoms with Crippen molar-refractivity contribution in [3.8, 4) is 11.8 Å². The highest BCUT2D eigenvalue weighted by atomic mass is 16.5. The number of hydrogen-bond donors (Lipinski definition) is 1. The second-order valence-electron chi connectivity index (χ2n) is 5.63. The van der Waals surface area contributed by atoms with Gasteiger partial charge < -0.3 is 14.8 Å². The van der Waals surface area contributed by atoms with E-state index in [9.17, 15) is 9.59 Å². The Kier molecular flexibility index (Phi) is 6.75. The van der Waals surface area contributed by atoms with Crippen LogP contribution in [0.3, 0.4) is 0 Å². The Labute approximate surface area is 152 Å². The smallest absolute Gasteiger partial charge is 0.337 e. The van der Waals surface area contributed by atoms with Gasteiger partial charge in [0.1, 0.15) is 5.75 Å². The predicted molar refractivity (Wildman–Crippen MR) is 95.7 cm³/mol. The van der Waals surface area contributed by atoms with Gasteiger partial charge in [-0.05, 0) is 55.3 Å². The third kappa shape index (κ3) is 5.35. The number of nitrogens with one attached hydrogen (secondary N) is 1. The molecule has 0 unspecified atom stereocenters. The van der Waals surface area contributed by atoms with Crippen LogP contribution in [0.25, 0.3) is 0 Å². The number of methoxy groups -OCH3 is 1. The lowest BCUT2D eigenvalue weighted by Crippen LogP contribution is -2.37. The molecule has 1 amide bonds. The maximum Gasteiger partial charge on any atom is 0.337 e. The summed E-state index contributed by atoms with van der Waals surface area (Å²) in [6, 6.07) is 15.7. The van der Waals surface area contributed by atoms with E-state index < -0.39 is 6.10 Å². The van der Waals surface area contributed by atoms with Gasteiger partial charge in [-0.25, -0.2) is 4.79 Å². The summed E-state index contributed by atoms with van der Waals surface area (Å²) in [7, 11) is 1.34. The van der Waals surface area contributed by atoms with Crippen LogP contribution >= 0.6 is 0 Å². The molecule has 0 aliphatic heterocycles. The topological polar surface area (TPSA) is 88.4 Å². The van der Waals surface area contributed by atoms with E-state index in [4.69, 9.17) is 10.00 Å². The number of rotatable bonds is 7. The van der Waals surface area contributed by atoms with Crippen LogP contribution < -0.4 is 10.1 Å². The number of carbonyl (C=O) groups excluding carboxylic acids is 2. The lowest BCUT2D eigenvalue weighted by atomic mass is 10.1. The van der Waals surface area contributed by atoms with Crippen LogP contribution in [-0.2, 0) is 16.0 Å². The molecule has 1 atom stereocenters. The summed E-state index contributed by atoms with van der Waals surface area (Å²) < 4.78 is 10.2. The minimum absolute atomic E-state index is 0.222. The maximum atomic E-state index is 12.1. The molecule has 0 heterocycles. The lowest BCUT2D eigenvalue weighted by molar-refractivity contribution is -0.127. The number of benzene rings is 2. The Morgan fingerprint density at radius 3 is 2.35 bits per heavy atom. The van der Waals surface area contributed by atoms with Crippen LogP contribution in [0.5, 0.6) is 5.75 Å². The number of nitriles is 1. The van der Waals surface area contributed by atoms with Gasteiger partial charge in [-0.2, -0.15) is 5.26 Å². The highest BCUT2D eigenvalue weighted by Crippen LogP contribution is 2.13. The van der Waals surface area contributed by atoms with Crippen molar-refractivity contribution in [2.45, 2.75) is 19.4 Å². The molecule has 0 radical (unpaired) electrons. The van der Waals surface area contributed by atoms with E-state index >= 15 is 0 Å². The fourth-order valence-corrected chi connectivity index (χ4v) is 2.26. The molecular formula is C20H20N2O4. The van der Waals surface area contributed by atoms with Gasteiger partial charge in [0.25, 0.3) is 5.91 Å². The van der Waals surface area contributed by atoms with Crippen molar-refractivity contribution in [2.24, 2.45) is 0 Å². The first-order chi connectivity index (χ1) is 12.5. The molecule has 26 heavy (non-hydrogen) atoms. The van der Waals surface area contributed by atoms with Crippen LogP contribution in [0.15, 0.2) is 48.5 Å². The SMILES string of the molecule is COC(=O)c1ccc(CCNC(=O)[C@H](C)Oc2ccc(C#N)cc2)cc1.